The number of halogens is 3. The molecule has 21 heavy (non-hydrogen) atoms. The average molecular weight is 499 g/mol. The highest BCUT2D eigenvalue weighted by molar-refractivity contribution is 9.11. The summed E-state index contributed by atoms with van der Waals surface area (Å²) in [5.41, 5.74) is 0.605. The van der Waals surface area contributed by atoms with E-state index in [0.717, 1.165) is 15.8 Å². The van der Waals surface area contributed by atoms with Crippen LogP contribution in [-0.4, -0.2) is 17.1 Å². The van der Waals surface area contributed by atoms with Crippen molar-refractivity contribution in [3.63, 3.8) is 0 Å². The number of rotatable bonds is 3. The van der Waals surface area contributed by atoms with E-state index >= 15 is 0 Å². The van der Waals surface area contributed by atoms with Crippen LogP contribution in [0.3, 0.4) is 0 Å². The third-order valence-electron chi connectivity index (χ3n) is 2.37. The lowest BCUT2D eigenvalue weighted by Crippen LogP contribution is -2.20. The van der Waals surface area contributed by atoms with Crippen LogP contribution in [0.1, 0.15) is 10.4 Å². The molecule has 0 spiro atoms. The number of amides is 2. The highest BCUT2D eigenvalue weighted by Crippen LogP contribution is 2.34. The van der Waals surface area contributed by atoms with Gasteiger partial charge in [-0.15, -0.1) is 11.3 Å². The maximum atomic E-state index is 12.0. The van der Waals surface area contributed by atoms with Gasteiger partial charge in [0.25, 0.3) is 0 Å². The quantitative estimate of drug-likeness (QED) is 0.532. The molecule has 0 aliphatic carbocycles. The molecule has 1 aromatic carbocycles. The van der Waals surface area contributed by atoms with E-state index in [1.165, 1.54) is 6.07 Å². The predicted molar refractivity (Wildman–Crippen MR) is 93.5 cm³/mol. The van der Waals surface area contributed by atoms with Gasteiger partial charge < -0.3 is 10.4 Å². The molecule has 3 N–H and O–H groups in total. The van der Waals surface area contributed by atoms with E-state index in [9.17, 15) is 9.59 Å². The van der Waals surface area contributed by atoms with Gasteiger partial charge in [-0.05, 0) is 55.4 Å². The molecule has 0 radical (unpaired) electrons. The van der Waals surface area contributed by atoms with Gasteiger partial charge in [0.2, 0.25) is 0 Å². The zero-order valence-corrected chi connectivity index (χ0v) is 15.7. The minimum absolute atomic E-state index is 0.0593. The largest absolute Gasteiger partial charge is 0.478 e. The molecule has 0 saturated carbocycles. The summed E-state index contributed by atoms with van der Waals surface area (Å²) in [6.07, 6.45) is 0. The van der Waals surface area contributed by atoms with E-state index in [1.807, 2.05) is 0 Å². The number of carbonyl (C=O) groups is 2. The normalized spacial score (nSPS) is 10.2. The Morgan fingerprint density at radius 3 is 2.29 bits per heavy atom. The summed E-state index contributed by atoms with van der Waals surface area (Å²) in [7, 11) is 0. The fraction of sp³-hybridized carbons (Fsp3) is 0. The van der Waals surface area contributed by atoms with Gasteiger partial charge in [-0.1, -0.05) is 15.9 Å². The van der Waals surface area contributed by atoms with Crippen LogP contribution >= 0.6 is 59.1 Å². The van der Waals surface area contributed by atoms with Crippen molar-refractivity contribution in [1.29, 1.82) is 0 Å². The van der Waals surface area contributed by atoms with E-state index in [1.54, 1.807) is 17.5 Å². The van der Waals surface area contributed by atoms with Crippen LogP contribution in [0.5, 0.6) is 0 Å². The second-order valence-electron chi connectivity index (χ2n) is 3.79. The van der Waals surface area contributed by atoms with E-state index < -0.39 is 12.0 Å². The molecule has 0 atom stereocenters. The summed E-state index contributed by atoms with van der Waals surface area (Å²) in [4.78, 5) is 23.0. The highest BCUT2D eigenvalue weighted by atomic mass is 79.9. The molecule has 0 saturated heterocycles. The lowest BCUT2D eigenvalue weighted by atomic mass is 10.3. The molecular weight excluding hydrogens is 492 g/mol. The van der Waals surface area contributed by atoms with Crippen LogP contribution in [0.4, 0.5) is 15.5 Å². The Morgan fingerprint density at radius 1 is 1.10 bits per heavy atom. The first-order valence-corrected chi connectivity index (χ1v) is 8.67. The van der Waals surface area contributed by atoms with Crippen molar-refractivity contribution >= 4 is 81.8 Å². The van der Waals surface area contributed by atoms with E-state index in [-0.39, 0.29) is 10.6 Å². The summed E-state index contributed by atoms with van der Waals surface area (Å²) >= 11 is 11.2. The molecule has 0 bridgehead atoms. The first-order chi connectivity index (χ1) is 9.88. The minimum atomic E-state index is -1.09. The molecular formula is C12H7Br3N2O3S. The Bertz CT molecular complexity index is 695. The molecule has 2 amide bonds. The van der Waals surface area contributed by atoms with E-state index in [2.05, 4.69) is 58.4 Å². The molecule has 2 rings (SSSR count). The van der Waals surface area contributed by atoms with E-state index in [4.69, 9.17) is 5.11 Å². The standard InChI is InChI=1S/C12H7Br3N2O3S/c13-5-3-7(14)9(8(15)4-5)16-12(20)17-10-6(11(18)19)1-2-21-10/h1-4H,(H,18,19)(H2,16,17,20). The lowest BCUT2D eigenvalue weighted by molar-refractivity contribution is 0.0698. The van der Waals surface area contributed by atoms with Crippen LogP contribution in [0.15, 0.2) is 37.0 Å². The number of hydrogen-bond donors (Lipinski definition) is 3. The first kappa shape index (κ1) is 16.5. The number of nitrogens with one attached hydrogen (secondary N) is 2. The number of anilines is 2. The minimum Gasteiger partial charge on any atom is -0.478 e. The molecule has 1 aromatic heterocycles. The molecule has 5 nitrogen and oxygen atoms in total. The molecule has 0 aliphatic heterocycles. The fourth-order valence-electron chi connectivity index (χ4n) is 1.48. The number of carbonyl (C=O) groups excluding carboxylic acids is 1. The van der Waals surface area contributed by atoms with Gasteiger partial charge in [0.1, 0.15) is 5.00 Å². The SMILES string of the molecule is O=C(Nc1sccc1C(=O)O)Nc1c(Br)cc(Br)cc1Br. The van der Waals surface area contributed by atoms with Crippen molar-refractivity contribution < 1.29 is 14.7 Å². The molecule has 9 heteroatoms. The Kier molecular flexibility index (Phi) is 5.42. The zero-order chi connectivity index (χ0) is 15.6. The summed E-state index contributed by atoms with van der Waals surface area (Å²) < 4.78 is 2.21. The molecule has 110 valence electrons. The Balaban J connectivity index is 2.16. The molecule has 2 aromatic rings. The van der Waals surface area contributed by atoms with Crippen molar-refractivity contribution in [2.75, 3.05) is 10.6 Å². The number of aromatic carboxylic acids is 1. The summed E-state index contributed by atoms with van der Waals surface area (Å²) in [6, 6.07) is 4.49. The van der Waals surface area contributed by atoms with Gasteiger partial charge in [0, 0.05) is 13.4 Å². The van der Waals surface area contributed by atoms with Gasteiger partial charge in [0.05, 0.1) is 11.3 Å². The van der Waals surface area contributed by atoms with Crippen molar-refractivity contribution in [1.82, 2.24) is 0 Å². The highest BCUT2D eigenvalue weighted by Gasteiger charge is 2.15. The summed E-state index contributed by atoms with van der Waals surface area (Å²) in [6.45, 7) is 0. The van der Waals surface area contributed by atoms with Gasteiger partial charge in [-0.25, -0.2) is 9.59 Å². The Labute approximate surface area is 149 Å². The zero-order valence-electron chi connectivity index (χ0n) is 10.1. The number of urea groups is 1. The molecule has 0 aliphatic rings. The maximum Gasteiger partial charge on any atom is 0.338 e. The van der Waals surface area contributed by atoms with Crippen molar-refractivity contribution in [3.05, 3.63) is 42.6 Å². The smallest absolute Gasteiger partial charge is 0.338 e. The monoisotopic (exact) mass is 496 g/mol. The topological polar surface area (TPSA) is 78.4 Å². The summed E-state index contributed by atoms with van der Waals surface area (Å²) in [5.74, 6) is -1.09. The first-order valence-electron chi connectivity index (χ1n) is 5.42. The Morgan fingerprint density at radius 2 is 1.71 bits per heavy atom. The van der Waals surface area contributed by atoms with Crippen LogP contribution in [0.2, 0.25) is 0 Å². The van der Waals surface area contributed by atoms with E-state index in [0.29, 0.717) is 14.6 Å². The fourth-order valence-corrected chi connectivity index (χ4v) is 4.72. The molecule has 1 heterocycles. The average Bonchev–Trinajstić information content (AvgIpc) is 2.82. The van der Waals surface area contributed by atoms with Crippen molar-refractivity contribution in [2.24, 2.45) is 0 Å². The second-order valence-corrected chi connectivity index (χ2v) is 7.33. The number of carboxylic acids is 1. The van der Waals surface area contributed by atoms with Gasteiger partial charge in [-0.2, -0.15) is 0 Å². The van der Waals surface area contributed by atoms with Crippen LogP contribution in [0.25, 0.3) is 0 Å². The van der Waals surface area contributed by atoms with Crippen LogP contribution in [-0.2, 0) is 0 Å². The number of hydrogen-bond acceptors (Lipinski definition) is 3. The van der Waals surface area contributed by atoms with Crippen molar-refractivity contribution in [3.8, 4) is 0 Å². The van der Waals surface area contributed by atoms with Crippen molar-refractivity contribution in [2.45, 2.75) is 0 Å². The number of benzene rings is 1. The third kappa shape index (κ3) is 4.06. The number of thiophene rings is 1. The van der Waals surface area contributed by atoms with Crippen LogP contribution in [0, 0.1) is 0 Å². The third-order valence-corrected chi connectivity index (χ3v) is 4.91. The van der Waals surface area contributed by atoms with Crippen LogP contribution < -0.4 is 10.6 Å². The lowest BCUT2D eigenvalue weighted by Gasteiger charge is -2.11. The maximum absolute atomic E-state index is 12.0. The Hall–Kier alpha value is -0.900. The summed E-state index contributed by atoms with van der Waals surface area (Å²) in [5, 5.41) is 16.1. The molecule has 0 unspecified atom stereocenters. The van der Waals surface area contributed by atoms with Gasteiger partial charge >= 0.3 is 12.0 Å². The number of carboxylic acid groups (broad SMARTS) is 1. The second kappa shape index (κ2) is 6.91. The van der Waals surface area contributed by atoms with Gasteiger partial charge in [0.15, 0.2) is 0 Å². The molecule has 0 fully saturated rings. The van der Waals surface area contributed by atoms with Gasteiger partial charge in [-0.3, -0.25) is 5.32 Å². The predicted octanol–water partition coefficient (Wildman–Crippen LogP) is 5.38.